The second kappa shape index (κ2) is 7.44. The lowest BCUT2D eigenvalue weighted by molar-refractivity contribution is -0.127. The molecule has 1 saturated heterocycles. The number of fused-ring (bicyclic) bond motifs is 1. The van der Waals surface area contributed by atoms with Gasteiger partial charge in [0.05, 0.1) is 13.2 Å². The number of nitrogens with zero attached hydrogens (tertiary/aromatic N) is 1. The number of hydrogen-bond acceptors (Lipinski definition) is 6. The third kappa shape index (κ3) is 4.29. The smallest absolute Gasteiger partial charge is 0.237 e. The van der Waals surface area contributed by atoms with E-state index in [1.807, 2.05) is 12.1 Å². The van der Waals surface area contributed by atoms with Crippen LogP contribution >= 0.6 is 0 Å². The molecule has 1 aliphatic heterocycles. The number of likely N-dealkylation sites (tertiary alicyclic amines) is 1. The third-order valence-corrected chi connectivity index (χ3v) is 5.94. The van der Waals surface area contributed by atoms with Crippen LogP contribution in [0.25, 0.3) is 0 Å². The van der Waals surface area contributed by atoms with E-state index in [0.717, 1.165) is 6.26 Å². The maximum absolute atomic E-state index is 12.2. The molecule has 1 aliphatic carbocycles. The van der Waals surface area contributed by atoms with Crippen LogP contribution in [0.5, 0.6) is 11.5 Å². The predicted octanol–water partition coefficient (Wildman–Crippen LogP) is 0.716. The fraction of sp³-hybridized carbons (Fsp3) is 0.611. The van der Waals surface area contributed by atoms with Gasteiger partial charge in [-0.25, -0.2) is 8.42 Å². The molecule has 1 saturated carbocycles. The molecule has 2 fully saturated rings. The molecule has 2 aliphatic rings. The molecule has 1 N–H and O–H groups in total. The van der Waals surface area contributed by atoms with Crippen molar-refractivity contribution in [1.29, 1.82) is 0 Å². The van der Waals surface area contributed by atoms with Crippen molar-refractivity contribution in [1.82, 2.24) is 4.90 Å². The predicted molar refractivity (Wildman–Crippen MR) is 95.9 cm³/mol. The first-order valence-electron chi connectivity index (χ1n) is 8.70. The van der Waals surface area contributed by atoms with Gasteiger partial charge in [-0.1, -0.05) is 12.1 Å². The van der Waals surface area contributed by atoms with Gasteiger partial charge in [-0.2, -0.15) is 0 Å². The summed E-state index contributed by atoms with van der Waals surface area (Å²) in [5, 5.41) is 10.5. The van der Waals surface area contributed by atoms with Crippen LogP contribution in [0, 0.1) is 11.8 Å². The Morgan fingerprint density at radius 1 is 1.19 bits per heavy atom. The zero-order valence-electron chi connectivity index (χ0n) is 15.0. The van der Waals surface area contributed by atoms with Crippen LogP contribution in [-0.4, -0.2) is 68.7 Å². The fourth-order valence-corrected chi connectivity index (χ4v) is 4.55. The van der Waals surface area contributed by atoms with Crippen molar-refractivity contribution in [2.45, 2.75) is 25.0 Å². The highest BCUT2D eigenvalue weighted by molar-refractivity contribution is 7.91. The van der Waals surface area contributed by atoms with E-state index in [0.29, 0.717) is 37.4 Å². The number of aliphatic hydroxyl groups is 1. The van der Waals surface area contributed by atoms with Crippen molar-refractivity contribution in [3.63, 3.8) is 0 Å². The normalized spacial score (nSPS) is 28.5. The molecule has 1 heterocycles. The Morgan fingerprint density at radius 2 is 1.81 bits per heavy atom. The lowest BCUT2D eigenvalue weighted by Crippen LogP contribution is -2.42. The number of aliphatic hydroxyl groups excluding tert-OH is 1. The van der Waals surface area contributed by atoms with E-state index < -0.39 is 21.7 Å². The Balaban J connectivity index is 1.65. The van der Waals surface area contributed by atoms with E-state index in [4.69, 9.17) is 9.47 Å². The summed E-state index contributed by atoms with van der Waals surface area (Å²) in [6.45, 7) is 1.01. The maximum atomic E-state index is 12.2. The molecule has 1 amide bonds. The summed E-state index contributed by atoms with van der Waals surface area (Å²) in [5.74, 6) is 0.737. The first-order chi connectivity index (χ1) is 12.3. The van der Waals surface area contributed by atoms with E-state index in [9.17, 15) is 18.3 Å². The standard InChI is InChI=1S/C18H25NO6S/c1-24-15-5-3-4-6-16(15)25-17-8-13-10-19(9-12(13)7-14(17)20)18(21)11-26(2,22)23/h3-6,12-14,17,20H,7-11H2,1-2H3/t12-,13+,14+,17+/m0/s1. The molecule has 26 heavy (non-hydrogen) atoms. The van der Waals surface area contributed by atoms with Crippen LogP contribution in [0.2, 0.25) is 0 Å². The number of sulfone groups is 1. The Kier molecular flexibility index (Phi) is 5.43. The molecule has 0 aromatic heterocycles. The topological polar surface area (TPSA) is 93.1 Å². The van der Waals surface area contributed by atoms with Gasteiger partial charge in [0.15, 0.2) is 21.3 Å². The number of carbonyl (C=O) groups excluding carboxylic acids is 1. The summed E-state index contributed by atoms with van der Waals surface area (Å²) in [6.07, 6.45) is 1.21. The summed E-state index contributed by atoms with van der Waals surface area (Å²) < 4.78 is 34.0. The quantitative estimate of drug-likeness (QED) is 0.805. The van der Waals surface area contributed by atoms with Crippen molar-refractivity contribution in [3.8, 4) is 11.5 Å². The zero-order valence-corrected chi connectivity index (χ0v) is 15.8. The molecule has 0 unspecified atom stereocenters. The number of benzene rings is 1. The number of carbonyl (C=O) groups is 1. The molecule has 7 nitrogen and oxygen atoms in total. The molecule has 0 radical (unpaired) electrons. The van der Waals surface area contributed by atoms with E-state index >= 15 is 0 Å². The summed E-state index contributed by atoms with van der Waals surface area (Å²) >= 11 is 0. The molecule has 0 bridgehead atoms. The van der Waals surface area contributed by atoms with Crippen molar-refractivity contribution < 1.29 is 27.8 Å². The van der Waals surface area contributed by atoms with Crippen LogP contribution in [0.1, 0.15) is 12.8 Å². The van der Waals surface area contributed by atoms with Gasteiger partial charge >= 0.3 is 0 Å². The summed E-state index contributed by atoms with van der Waals surface area (Å²) in [5.41, 5.74) is 0. The average Bonchev–Trinajstić information content (AvgIpc) is 2.97. The number of rotatable bonds is 5. The minimum Gasteiger partial charge on any atom is -0.493 e. The summed E-state index contributed by atoms with van der Waals surface area (Å²) in [7, 11) is -1.78. The van der Waals surface area contributed by atoms with Crippen LogP contribution in [0.3, 0.4) is 0 Å². The van der Waals surface area contributed by atoms with Crippen LogP contribution in [0.15, 0.2) is 24.3 Å². The first-order valence-corrected chi connectivity index (χ1v) is 10.8. The number of hydrogen-bond donors (Lipinski definition) is 1. The number of para-hydroxylation sites is 2. The van der Waals surface area contributed by atoms with Gasteiger partial charge in [-0.05, 0) is 36.8 Å². The van der Waals surface area contributed by atoms with Crippen molar-refractivity contribution >= 4 is 15.7 Å². The van der Waals surface area contributed by atoms with Crippen molar-refractivity contribution in [3.05, 3.63) is 24.3 Å². The second-order valence-corrected chi connectivity index (χ2v) is 9.38. The highest BCUT2D eigenvalue weighted by atomic mass is 32.2. The number of methoxy groups -OCH3 is 1. The molecular formula is C18H25NO6S. The third-order valence-electron chi connectivity index (χ3n) is 5.17. The Bertz CT molecular complexity index is 765. The zero-order chi connectivity index (χ0) is 18.9. The molecule has 4 atom stereocenters. The minimum atomic E-state index is -3.34. The monoisotopic (exact) mass is 383 g/mol. The van der Waals surface area contributed by atoms with Crippen molar-refractivity contribution in [2.75, 3.05) is 32.2 Å². The molecule has 1 aromatic carbocycles. The highest BCUT2D eigenvalue weighted by Crippen LogP contribution is 2.39. The Hall–Kier alpha value is -1.80. The summed E-state index contributed by atoms with van der Waals surface area (Å²) in [4.78, 5) is 13.8. The second-order valence-electron chi connectivity index (χ2n) is 7.23. The lowest BCUT2D eigenvalue weighted by Gasteiger charge is -2.35. The Morgan fingerprint density at radius 3 is 2.42 bits per heavy atom. The highest BCUT2D eigenvalue weighted by Gasteiger charge is 2.44. The van der Waals surface area contributed by atoms with Gasteiger partial charge in [-0.15, -0.1) is 0 Å². The molecule has 8 heteroatoms. The van der Waals surface area contributed by atoms with Gasteiger partial charge < -0.3 is 19.5 Å². The van der Waals surface area contributed by atoms with Crippen LogP contribution in [-0.2, 0) is 14.6 Å². The fourth-order valence-electron chi connectivity index (χ4n) is 3.92. The van der Waals surface area contributed by atoms with Crippen molar-refractivity contribution in [2.24, 2.45) is 11.8 Å². The van der Waals surface area contributed by atoms with E-state index in [1.54, 1.807) is 24.1 Å². The molecule has 0 spiro atoms. The van der Waals surface area contributed by atoms with E-state index in [1.165, 1.54) is 0 Å². The lowest BCUT2D eigenvalue weighted by atomic mass is 9.78. The average molecular weight is 383 g/mol. The maximum Gasteiger partial charge on any atom is 0.237 e. The molecule has 3 rings (SSSR count). The minimum absolute atomic E-state index is 0.172. The van der Waals surface area contributed by atoms with Gasteiger partial charge in [0, 0.05) is 19.3 Å². The molecule has 1 aromatic rings. The number of amides is 1. The van der Waals surface area contributed by atoms with Gasteiger partial charge in [0.2, 0.25) is 5.91 Å². The SMILES string of the molecule is COc1ccccc1O[C@@H]1C[C@@H]2CN(C(=O)CS(C)(=O)=O)C[C@@H]2C[C@H]1O. The number of ether oxygens (including phenoxy) is 2. The molecule has 144 valence electrons. The first kappa shape index (κ1) is 19.0. The largest absolute Gasteiger partial charge is 0.493 e. The van der Waals surface area contributed by atoms with E-state index in [2.05, 4.69) is 0 Å². The van der Waals surface area contributed by atoms with E-state index in [-0.39, 0.29) is 23.8 Å². The summed E-state index contributed by atoms with van der Waals surface area (Å²) in [6, 6.07) is 7.29. The van der Waals surface area contributed by atoms with Gasteiger partial charge in [-0.3, -0.25) is 4.79 Å². The van der Waals surface area contributed by atoms with Crippen LogP contribution in [0.4, 0.5) is 0 Å². The Labute approximate surface area is 153 Å². The van der Waals surface area contributed by atoms with Gasteiger partial charge in [0.1, 0.15) is 11.9 Å². The van der Waals surface area contributed by atoms with Gasteiger partial charge in [0.25, 0.3) is 0 Å². The van der Waals surface area contributed by atoms with Crippen LogP contribution < -0.4 is 9.47 Å². The molecular weight excluding hydrogens is 358 g/mol.